The maximum absolute atomic E-state index is 11.3. The second kappa shape index (κ2) is 3.11. The molecule has 0 aliphatic heterocycles. The van der Waals surface area contributed by atoms with Crippen molar-refractivity contribution >= 4 is 45.2 Å². The van der Waals surface area contributed by atoms with Gasteiger partial charge in [-0.2, -0.15) is 8.78 Å². The van der Waals surface area contributed by atoms with E-state index in [1.54, 1.807) is 0 Å². The largest absolute Gasteiger partial charge is 0.202 e. The second-order valence-corrected chi connectivity index (χ2v) is 2.42. The predicted molar refractivity (Wildman–Crippen MR) is 37.3 cm³/mol. The molecule has 0 rings (SSSR count). The molecule has 0 radical (unpaired) electrons. The summed E-state index contributed by atoms with van der Waals surface area (Å²) in [5.74, 6) is 0. The van der Waals surface area contributed by atoms with E-state index in [4.69, 9.17) is 0 Å². The molecule has 0 spiro atoms. The Labute approximate surface area is 61.3 Å². The first kappa shape index (κ1) is 7.06. The zero-order chi connectivity index (χ0) is 5.15. The van der Waals surface area contributed by atoms with Crippen LogP contribution in [-0.2, 0) is 0 Å². The smallest absolute Gasteiger partial charge is 0.196 e. The van der Waals surface area contributed by atoms with Crippen LogP contribution in [0.3, 0.4) is 0 Å². The van der Waals surface area contributed by atoms with Gasteiger partial charge in [0.15, 0.2) is 0 Å². The Morgan fingerprint density at radius 1 is 1.00 bits per heavy atom. The van der Waals surface area contributed by atoms with Gasteiger partial charge in [0, 0.05) is 0 Å². The first-order valence-electron chi connectivity index (χ1n) is 1.01. The average Bonchev–Trinajstić information content (AvgIpc) is 1.36. The van der Waals surface area contributed by atoms with Crippen LogP contribution in [0.25, 0.3) is 0 Å². The minimum atomic E-state index is -0.784. The molecule has 0 nitrogen and oxygen atoms in total. The van der Waals surface area contributed by atoms with Crippen LogP contribution in [0.4, 0.5) is 8.78 Å². The lowest BCUT2D eigenvalue weighted by Gasteiger charge is -1.73. The van der Waals surface area contributed by atoms with Crippen LogP contribution in [0.15, 0.2) is 7.67 Å². The van der Waals surface area contributed by atoms with Crippen LogP contribution in [0, 0.1) is 0 Å². The fraction of sp³-hybridized carbons (Fsp3) is 0. The standard InChI is InChI=1S/C2F2I2/c3-1(5)2(4)6/b2-1-. The molecule has 0 aromatic heterocycles. The van der Waals surface area contributed by atoms with Gasteiger partial charge in [-0.05, 0) is 45.2 Å². The van der Waals surface area contributed by atoms with Gasteiger partial charge in [0.25, 0.3) is 0 Å². The monoisotopic (exact) mass is 316 g/mol. The Kier molecular flexibility index (Phi) is 3.66. The zero-order valence-electron chi connectivity index (χ0n) is 2.51. The van der Waals surface area contributed by atoms with E-state index < -0.39 is 7.67 Å². The van der Waals surface area contributed by atoms with E-state index in [2.05, 4.69) is 0 Å². The molecule has 0 bridgehead atoms. The third-order valence-electron chi connectivity index (χ3n) is 0.143. The molecule has 6 heavy (non-hydrogen) atoms. The van der Waals surface area contributed by atoms with Crippen LogP contribution in [0.5, 0.6) is 0 Å². The average molecular weight is 316 g/mol. The van der Waals surface area contributed by atoms with Crippen LogP contribution < -0.4 is 0 Å². The third kappa shape index (κ3) is 3.26. The fourth-order valence-electron chi connectivity index (χ4n) is 0. The summed E-state index contributed by atoms with van der Waals surface area (Å²) in [6.45, 7) is 0. The highest BCUT2D eigenvalue weighted by molar-refractivity contribution is 14.1. The molecule has 0 heterocycles. The molecule has 0 N–H and O–H groups in total. The minimum Gasteiger partial charge on any atom is -0.196 e. The Hall–Kier alpha value is 1.06. The van der Waals surface area contributed by atoms with Gasteiger partial charge >= 0.3 is 0 Å². The summed E-state index contributed by atoms with van der Waals surface area (Å²) >= 11 is 2.53. The van der Waals surface area contributed by atoms with Crippen molar-refractivity contribution in [3.8, 4) is 0 Å². The molecule has 0 fully saturated rings. The normalized spacial score (nSPS) is 14.0. The molecular formula is C2F2I2. The van der Waals surface area contributed by atoms with E-state index in [0.717, 1.165) is 0 Å². The molecule has 0 aromatic rings. The summed E-state index contributed by atoms with van der Waals surface area (Å²) < 4.78 is 21.0. The summed E-state index contributed by atoms with van der Waals surface area (Å²) in [5, 5.41) is 0. The molecule has 0 saturated carbocycles. The van der Waals surface area contributed by atoms with Crippen molar-refractivity contribution in [2.45, 2.75) is 0 Å². The molecule has 4 heteroatoms. The van der Waals surface area contributed by atoms with Gasteiger partial charge in [0.05, 0.1) is 0 Å². The summed E-state index contributed by atoms with van der Waals surface area (Å²) in [6.07, 6.45) is 0. The summed E-state index contributed by atoms with van der Waals surface area (Å²) in [7, 11) is 0. The summed E-state index contributed by atoms with van der Waals surface area (Å²) in [6, 6.07) is 0. The lowest BCUT2D eigenvalue weighted by molar-refractivity contribution is 0.632. The lowest BCUT2D eigenvalue weighted by atomic mass is 11.2. The highest BCUT2D eigenvalue weighted by Crippen LogP contribution is 2.19. The van der Waals surface area contributed by atoms with Crippen molar-refractivity contribution in [2.24, 2.45) is 0 Å². The Morgan fingerprint density at radius 3 is 1.17 bits per heavy atom. The van der Waals surface area contributed by atoms with Gasteiger partial charge in [-0.25, -0.2) is 0 Å². The maximum Gasteiger partial charge on any atom is 0.202 e. The SMILES string of the molecule is F/C(I)=C(\F)I. The highest BCUT2D eigenvalue weighted by Gasteiger charge is 1.91. The zero-order valence-corrected chi connectivity index (χ0v) is 6.83. The quantitative estimate of drug-likeness (QED) is 0.603. The second-order valence-electron chi connectivity index (χ2n) is 0.521. The first-order valence-corrected chi connectivity index (χ1v) is 3.16. The first-order chi connectivity index (χ1) is 2.64. The molecule has 0 aliphatic rings. The topological polar surface area (TPSA) is 0 Å². The fourth-order valence-corrected chi connectivity index (χ4v) is 0. The Morgan fingerprint density at radius 2 is 1.17 bits per heavy atom. The van der Waals surface area contributed by atoms with Crippen molar-refractivity contribution in [2.75, 3.05) is 0 Å². The molecule has 36 valence electrons. The van der Waals surface area contributed by atoms with Gasteiger partial charge < -0.3 is 0 Å². The van der Waals surface area contributed by atoms with E-state index in [9.17, 15) is 8.78 Å². The van der Waals surface area contributed by atoms with E-state index >= 15 is 0 Å². The van der Waals surface area contributed by atoms with Crippen LogP contribution in [-0.4, -0.2) is 0 Å². The molecule has 0 aliphatic carbocycles. The number of hydrogen-bond acceptors (Lipinski definition) is 0. The Balaban J connectivity index is 3.68. The molecule has 0 unspecified atom stereocenters. The predicted octanol–water partition coefficient (Wildman–Crippen LogP) is 2.92. The highest BCUT2D eigenvalue weighted by atomic mass is 127. The number of rotatable bonds is 0. The maximum atomic E-state index is 11.3. The van der Waals surface area contributed by atoms with E-state index in [-0.39, 0.29) is 0 Å². The van der Waals surface area contributed by atoms with Gasteiger partial charge in [0.1, 0.15) is 0 Å². The van der Waals surface area contributed by atoms with Crippen molar-refractivity contribution in [3.05, 3.63) is 7.67 Å². The summed E-state index contributed by atoms with van der Waals surface area (Å²) in [5.41, 5.74) is 0. The van der Waals surface area contributed by atoms with Crippen LogP contribution in [0.2, 0.25) is 0 Å². The molecule has 0 aromatic carbocycles. The molecule has 0 atom stereocenters. The van der Waals surface area contributed by atoms with Gasteiger partial charge in [-0.15, -0.1) is 0 Å². The van der Waals surface area contributed by atoms with E-state index in [1.165, 1.54) is 45.2 Å². The van der Waals surface area contributed by atoms with Crippen LogP contribution >= 0.6 is 45.2 Å². The van der Waals surface area contributed by atoms with Gasteiger partial charge in [-0.3, -0.25) is 0 Å². The molecule has 0 amide bonds. The molecular weight excluding hydrogens is 316 g/mol. The van der Waals surface area contributed by atoms with Crippen molar-refractivity contribution in [3.63, 3.8) is 0 Å². The number of hydrogen-bond donors (Lipinski definition) is 0. The number of halogens is 4. The minimum absolute atomic E-state index is 0.784. The van der Waals surface area contributed by atoms with Crippen molar-refractivity contribution < 1.29 is 8.78 Å². The van der Waals surface area contributed by atoms with Gasteiger partial charge in [0.2, 0.25) is 7.67 Å². The third-order valence-corrected chi connectivity index (χ3v) is 2.12. The summed E-state index contributed by atoms with van der Waals surface area (Å²) in [4.78, 5) is 0. The molecule has 0 saturated heterocycles. The van der Waals surface area contributed by atoms with E-state index in [1.807, 2.05) is 0 Å². The van der Waals surface area contributed by atoms with Crippen molar-refractivity contribution in [1.82, 2.24) is 0 Å². The van der Waals surface area contributed by atoms with Gasteiger partial charge in [-0.1, -0.05) is 0 Å². The lowest BCUT2D eigenvalue weighted by Crippen LogP contribution is -1.49. The van der Waals surface area contributed by atoms with E-state index in [0.29, 0.717) is 0 Å². The van der Waals surface area contributed by atoms with Crippen molar-refractivity contribution in [1.29, 1.82) is 0 Å². The van der Waals surface area contributed by atoms with Crippen LogP contribution in [0.1, 0.15) is 0 Å². The Bertz CT molecular complexity index is 59.6.